The Bertz CT molecular complexity index is 716. The van der Waals surface area contributed by atoms with Crippen molar-refractivity contribution in [3.63, 3.8) is 0 Å². The van der Waals surface area contributed by atoms with Crippen LogP contribution in [-0.2, 0) is 9.53 Å². The highest BCUT2D eigenvalue weighted by Gasteiger charge is 2.25. The summed E-state index contributed by atoms with van der Waals surface area (Å²) in [7, 11) is 0. The smallest absolute Gasteiger partial charge is 0.125 e. The van der Waals surface area contributed by atoms with Crippen LogP contribution in [0.2, 0.25) is 5.02 Å². The number of benzene rings is 1. The lowest BCUT2D eigenvalue weighted by Gasteiger charge is -2.34. The first-order valence-electron chi connectivity index (χ1n) is 9.36. The molecule has 144 valence electrons. The Labute approximate surface area is 164 Å². The molecule has 0 aliphatic carbocycles. The monoisotopic (exact) mass is 387 g/mol. The average Bonchev–Trinajstić information content (AvgIpc) is 2.68. The number of pyridine rings is 1. The standard InChI is InChI=1S/C21H25ClN2O3/c22-17-8-6-16(7-9-17)21(19-4-1-2-12-23-19)27-18-10-14-24(15-11-18)13-3-5-20(25)26/h1-2,4,6-9,12,18,21H,3,5,10-11,13-15H2,(H,25,26)/p-1/t21-/m0/s1. The maximum absolute atomic E-state index is 10.5. The molecule has 0 radical (unpaired) electrons. The van der Waals surface area contributed by atoms with E-state index in [4.69, 9.17) is 16.3 Å². The fraction of sp³-hybridized carbons (Fsp3) is 0.429. The molecule has 1 aliphatic heterocycles. The molecular weight excluding hydrogens is 364 g/mol. The second kappa shape index (κ2) is 9.83. The van der Waals surface area contributed by atoms with Gasteiger partial charge in [0.15, 0.2) is 0 Å². The Morgan fingerprint density at radius 1 is 1.22 bits per heavy atom. The molecule has 1 fully saturated rings. The van der Waals surface area contributed by atoms with Crippen molar-refractivity contribution in [2.45, 2.75) is 37.9 Å². The minimum absolute atomic E-state index is 0.120. The van der Waals surface area contributed by atoms with Gasteiger partial charge in [-0.15, -0.1) is 0 Å². The molecule has 0 spiro atoms. The van der Waals surface area contributed by atoms with E-state index < -0.39 is 5.97 Å². The molecule has 5 nitrogen and oxygen atoms in total. The molecule has 6 heteroatoms. The number of carbonyl (C=O) groups excluding carboxylic acids is 1. The van der Waals surface area contributed by atoms with Crippen LogP contribution in [0.5, 0.6) is 0 Å². The molecule has 0 amide bonds. The van der Waals surface area contributed by atoms with Crippen LogP contribution in [0.15, 0.2) is 48.7 Å². The lowest BCUT2D eigenvalue weighted by molar-refractivity contribution is -0.305. The van der Waals surface area contributed by atoms with Crippen molar-refractivity contribution >= 4 is 17.6 Å². The molecule has 2 aromatic rings. The van der Waals surface area contributed by atoms with Gasteiger partial charge in [-0.3, -0.25) is 4.98 Å². The normalized spacial score (nSPS) is 16.9. The molecule has 27 heavy (non-hydrogen) atoms. The molecule has 1 saturated heterocycles. The Kier molecular flexibility index (Phi) is 7.21. The summed E-state index contributed by atoms with van der Waals surface area (Å²) in [5, 5.41) is 11.2. The van der Waals surface area contributed by atoms with Crippen molar-refractivity contribution in [1.29, 1.82) is 0 Å². The van der Waals surface area contributed by atoms with Crippen LogP contribution in [0.25, 0.3) is 0 Å². The van der Waals surface area contributed by atoms with Gasteiger partial charge >= 0.3 is 0 Å². The number of likely N-dealkylation sites (tertiary alicyclic amines) is 1. The maximum Gasteiger partial charge on any atom is 0.125 e. The minimum Gasteiger partial charge on any atom is -0.550 e. The summed E-state index contributed by atoms with van der Waals surface area (Å²) >= 11 is 6.03. The third-order valence-electron chi connectivity index (χ3n) is 4.85. The molecule has 0 N–H and O–H groups in total. The first-order valence-corrected chi connectivity index (χ1v) is 9.73. The van der Waals surface area contributed by atoms with Crippen LogP contribution in [0.4, 0.5) is 0 Å². The quantitative estimate of drug-likeness (QED) is 0.696. The van der Waals surface area contributed by atoms with Gasteiger partial charge in [-0.1, -0.05) is 29.8 Å². The first kappa shape index (κ1) is 19.8. The second-order valence-electron chi connectivity index (χ2n) is 6.84. The summed E-state index contributed by atoms with van der Waals surface area (Å²) in [5.41, 5.74) is 1.92. The molecule has 2 heterocycles. The number of halogens is 1. The highest BCUT2D eigenvalue weighted by Crippen LogP contribution is 2.29. The van der Waals surface area contributed by atoms with E-state index in [2.05, 4.69) is 9.88 Å². The van der Waals surface area contributed by atoms with E-state index in [0.717, 1.165) is 43.7 Å². The van der Waals surface area contributed by atoms with E-state index in [1.165, 1.54) is 0 Å². The zero-order valence-electron chi connectivity index (χ0n) is 15.2. The van der Waals surface area contributed by atoms with Crippen molar-refractivity contribution in [3.05, 3.63) is 64.9 Å². The lowest BCUT2D eigenvalue weighted by Crippen LogP contribution is -2.38. The number of rotatable bonds is 8. The molecule has 1 aliphatic rings. The number of carboxylic acid groups (broad SMARTS) is 1. The summed E-state index contributed by atoms with van der Waals surface area (Å²) < 4.78 is 6.46. The molecule has 0 bridgehead atoms. The number of piperidine rings is 1. The van der Waals surface area contributed by atoms with E-state index in [1.54, 1.807) is 6.20 Å². The second-order valence-corrected chi connectivity index (χ2v) is 7.28. The minimum atomic E-state index is -0.977. The van der Waals surface area contributed by atoms with Gasteiger partial charge in [-0.25, -0.2) is 0 Å². The third-order valence-corrected chi connectivity index (χ3v) is 5.10. The molecule has 3 rings (SSSR count). The summed E-state index contributed by atoms with van der Waals surface area (Å²) in [6.07, 6.45) is 4.29. The highest BCUT2D eigenvalue weighted by molar-refractivity contribution is 6.30. The SMILES string of the molecule is O=C([O-])CCCN1CCC(O[C@@H](c2ccc(Cl)cc2)c2ccccn2)CC1. The number of hydrogen-bond donors (Lipinski definition) is 0. The van der Waals surface area contributed by atoms with E-state index >= 15 is 0 Å². The van der Waals surface area contributed by atoms with Gasteiger partial charge in [0, 0.05) is 30.3 Å². The number of carbonyl (C=O) groups is 1. The summed E-state index contributed by atoms with van der Waals surface area (Å²) in [6, 6.07) is 13.6. The van der Waals surface area contributed by atoms with Crippen molar-refractivity contribution in [1.82, 2.24) is 9.88 Å². The zero-order valence-corrected chi connectivity index (χ0v) is 16.0. The number of carboxylic acids is 1. The summed E-state index contributed by atoms with van der Waals surface area (Å²) in [4.78, 5) is 17.3. The van der Waals surface area contributed by atoms with Crippen molar-refractivity contribution < 1.29 is 14.6 Å². The lowest BCUT2D eigenvalue weighted by atomic mass is 10.0. The Morgan fingerprint density at radius 3 is 2.59 bits per heavy atom. The predicted molar refractivity (Wildman–Crippen MR) is 102 cm³/mol. The van der Waals surface area contributed by atoms with Crippen LogP contribution >= 0.6 is 11.6 Å². The Morgan fingerprint density at radius 2 is 1.96 bits per heavy atom. The zero-order chi connectivity index (χ0) is 19.1. The topological polar surface area (TPSA) is 65.5 Å². The van der Waals surface area contributed by atoms with E-state index in [9.17, 15) is 9.90 Å². The maximum atomic E-state index is 10.5. The summed E-state index contributed by atoms with van der Waals surface area (Å²) in [5.74, 6) is -0.977. The molecular formula is C21H24ClN2O3-. The van der Waals surface area contributed by atoms with Gasteiger partial charge in [0.25, 0.3) is 0 Å². The average molecular weight is 388 g/mol. The fourth-order valence-corrected chi connectivity index (χ4v) is 3.52. The van der Waals surface area contributed by atoms with Crippen molar-refractivity contribution in [2.75, 3.05) is 19.6 Å². The number of ether oxygens (including phenoxy) is 1. The highest BCUT2D eigenvalue weighted by atomic mass is 35.5. The summed E-state index contributed by atoms with van der Waals surface area (Å²) in [6.45, 7) is 2.61. The van der Waals surface area contributed by atoms with Gasteiger partial charge in [-0.05, 0) is 62.1 Å². The van der Waals surface area contributed by atoms with Gasteiger partial charge in [0.1, 0.15) is 6.10 Å². The number of hydrogen-bond acceptors (Lipinski definition) is 5. The molecule has 0 saturated carbocycles. The molecule has 1 atom stereocenters. The van der Waals surface area contributed by atoms with Gasteiger partial charge in [0.05, 0.1) is 11.8 Å². The molecule has 0 unspecified atom stereocenters. The first-order chi connectivity index (χ1) is 13.1. The van der Waals surface area contributed by atoms with Crippen LogP contribution in [0, 0.1) is 0 Å². The predicted octanol–water partition coefficient (Wildman–Crippen LogP) is 2.84. The van der Waals surface area contributed by atoms with Gasteiger partial charge in [0.2, 0.25) is 0 Å². The van der Waals surface area contributed by atoms with Gasteiger partial charge < -0.3 is 19.5 Å². The van der Waals surface area contributed by atoms with Gasteiger partial charge in [-0.2, -0.15) is 0 Å². The van der Waals surface area contributed by atoms with E-state index in [1.807, 2.05) is 42.5 Å². The number of nitrogens with zero attached hydrogens (tertiary/aromatic N) is 2. The van der Waals surface area contributed by atoms with E-state index in [-0.39, 0.29) is 18.6 Å². The number of aromatic nitrogens is 1. The van der Waals surface area contributed by atoms with Crippen LogP contribution in [-0.4, -0.2) is 41.6 Å². The fourth-order valence-electron chi connectivity index (χ4n) is 3.40. The van der Waals surface area contributed by atoms with Crippen molar-refractivity contribution in [3.8, 4) is 0 Å². The van der Waals surface area contributed by atoms with Crippen molar-refractivity contribution in [2.24, 2.45) is 0 Å². The van der Waals surface area contributed by atoms with Crippen LogP contribution in [0.3, 0.4) is 0 Å². The number of aliphatic carboxylic acids is 1. The van der Waals surface area contributed by atoms with Crippen LogP contribution in [0.1, 0.15) is 43.0 Å². The third kappa shape index (κ3) is 6.03. The Hall–Kier alpha value is -1.95. The van der Waals surface area contributed by atoms with Crippen LogP contribution < -0.4 is 5.11 Å². The largest absolute Gasteiger partial charge is 0.550 e. The molecule has 1 aromatic heterocycles. The molecule has 1 aromatic carbocycles. The Balaban J connectivity index is 1.60. The van der Waals surface area contributed by atoms with E-state index in [0.29, 0.717) is 11.4 Å².